The van der Waals surface area contributed by atoms with E-state index in [9.17, 15) is 4.79 Å². The number of aromatic nitrogens is 1. The van der Waals surface area contributed by atoms with E-state index >= 15 is 0 Å². The van der Waals surface area contributed by atoms with Gasteiger partial charge in [0.1, 0.15) is 11.9 Å². The number of pyridine rings is 1. The van der Waals surface area contributed by atoms with Crippen LogP contribution in [0, 0.1) is 0 Å². The molecule has 0 aliphatic heterocycles. The summed E-state index contributed by atoms with van der Waals surface area (Å²) >= 11 is 5.92. The largest absolute Gasteiger partial charge is 0.357 e. The molecule has 0 spiro atoms. The van der Waals surface area contributed by atoms with E-state index in [4.69, 9.17) is 11.6 Å². The number of nitrogens with zero attached hydrogens (tertiary/aromatic N) is 1. The van der Waals surface area contributed by atoms with Crippen molar-refractivity contribution in [3.8, 4) is 0 Å². The minimum absolute atomic E-state index is 0.0725. The monoisotopic (exact) mass is 241 g/mol. The molecule has 0 aliphatic rings. The van der Waals surface area contributed by atoms with Crippen LogP contribution >= 0.6 is 11.6 Å². The highest BCUT2D eigenvalue weighted by atomic mass is 35.5. The maximum absolute atomic E-state index is 11.6. The first-order chi connectivity index (χ1) is 7.50. The predicted molar refractivity (Wildman–Crippen MR) is 65.6 cm³/mol. The summed E-state index contributed by atoms with van der Waals surface area (Å²) in [6.07, 6.45) is 1.63. The van der Waals surface area contributed by atoms with Gasteiger partial charge in [-0.15, -0.1) is 0 Å². The zero-order valence-electron chi connectivity index (χ0n) is 9.62. The molecule has 1 amide bonds. The summed E-state index contributed by atoms with van der Waals surface area (Å²) in [7, 11) is 0. The minimum Gasteiger partial charge on any atom is -0.357 e. The third-order valence-electron chi connectivity index (χ3n) is 1.94. The molecule has 5 heteroatoms. The number of halogens is 1. The number of hydrogen-bond acceptors (Lipinski definition) is 3. The highest BCUT2D eigenvalue weighted by Gasteiger charge is 2.14. The fourth-order valence-electron chi connectivity index (χ4n) is 1.17. The van der Waals surface area contributed by atoms with Crippen LogP contribution in [0.2, 0.25) is 5.02 Å². The van der Waals surface area contributed by atoms with Crippen molar-refractivity contribution in [1.29, 1.82) is 0 Å². The highest BCUT2D eigenvalue weighted by Crippen LogP contribution is 2.17. The first-order valence-corrected chi connectivity index (χ1v) is 5.56. The normalized spacial score (nSPS) is 12.3. The molecule has 0 saturated carbocycles. The van der Waals surface area contributed by atoms with E-state index in [1.165, 1.54) is 0 Å². The summed E-state index contributed by atoms with van der Waals surface area (Å²) in [5.74, 6) is 0.451. The Morgan fingerprint density at radius 2 is 2.12 bits per heavy atom. The number of anilines is 1. The Morgan fingerprint density at radius 3 is 2.69 bits per heavy atom. The van der Waals surface area contributed by atoms with Crippen LogP contribution < -0.4 is 10.6 Å². The van der Waals surface area contributed by atoms with E-state index in [0.29, 0.717) is 10.8 Å². The summed E-state index contributed by atoms with van der Waals surface area (Å²) in [4.78, 5) is 15.7. The van der Waals surface area contributed by atoms with Gasteiger partial charge in [0.25, 0.3) is 0 Å². The Bertz CT molecular complexity index is 368. The molecule has 1 aromatic rings. The van der Waals surface area contributed by atoms with Gasteiger partial charge >= 0.3 is 0 Å². The van der Waals surface area contributed by atoms with Crippen LogP contribution in [-0.4, -0.2) is 23.0 Å². The Kier molecular flexibility index (Phi) is 4.55. The zero-order valence-corrected chi connectivity index (χ0v) is 10.4. The molecular weight excluding hydrogens is 226 g/mol. The molecule has 4 nitrogen and oxygen atoms in total. The van der Waals surface area contributed by atoms with Gasteiger partial charge in [0.2, 0.25) is 5.91 Å². The number of amides is 1. The molecule has 16 heavy (non-hydrogen) atoms. The zero-order chi connectivity index (χ0) is 12.1. The van der Waals surface area contributed by atoms with Crippen LogP contribution in [0.1, 0.15) is 20.8 Å². The third kappa shape index (κ3) is 3.70. The molecule has 0 fully saturated rings. The van der Waals surface area contributed by atoms with Gasteiger partial charge in [-0.2, -0.15) is 0 Å². The molecule has 1 aromatic heterocycles. The summed E-state index contributed by atoms with van der Waals surface area (Å²) in [6.45, 7) is 5.60. The fourth-order valence-corrected chi connectivity index (χ4v) is 1.35. The van der Waals surface area contributed by atoms with E-state index in [1.54, 1.807) is 25.3 Å². The van der Waals surface area contributed by atoms with Gasteiger partial charge < -0.3 is 10.6 Å². The second-order valence-corrected chi connectivity index (χ2v) is 4.27. The highest BCUT2D eigenvalue weighted by molar-refractivity contribution is 6.32. The van der Waals surface area contributed by atoms with E-state index in [2.05, 4.69) is 15.6 Å². The molecule has 1 atom stereocenters. The van der Waals surface area contributed by atoms with Crippen LogP contribution in [0.5, 0.6) is 0 Å². The van der Waals surface area contributed by atoms with Crippen molar-refractivity contribution in [2.45, 2.75) is 32.9 Å². The van der Waals surface area contributed by atoms with Gasteiger partial charge in [0, 0.05) is 12.2 Å². The van der Waals surface area contributed by atoms with E-state index < -0.39 is 0 Å². The number of nitrogens with one attached hydrogen (secondary N) is 2. The Hall–Kier alpha value is -1.29. The lowest BCUT2D eigenvalue weighted by Gasteiger charge is -2.16. The van der Waals surface area contributed by atoms with Crippen LogP contribution in [0.15, 0.2) is 18.3 Å². The van der Waals surface area contributed by atoms with Crippen molar-refractivity contribution in [2.75, 3.05) is 5.32 Å². The van der Waals surface area contributed by atoms with Gasteiger partial charge in [0.15, 0.2) is 0 Å². The van der Waals surface area contributed by atoms with Crippen molar-refractivity contribution in [1.82, 2.24) is 10.3 Å². The summed E-state index contributed by atoms with van der Waals surface area (Å²) in [6, 6.07) is 3.22. The molecule has 2 N–H and O–H groups in total. The predicted octanol–water partition coefficient (Wildman–Crippen LogP) is 2.06. The first-order valence-electron chi connectivity index (χ1n) is 5.18. The third-order valence-corrected chi connectivity index (χ3v) is 2.24. The van der Waals surface area contributed by atoms with Crippen molar-refractivity contribution >= 4 is 23.3 Å². The van der Waals surface area contributed by atoms with Crippen LogP contribution in [0.25, 0.3) is 0 Å². The molecule has 1 heterocycles. The smallest absolute Gasteiger partial charge is 0.242 e. The fraction of sp³-hybridized carbons (Fsp3) is 0.455. The molecule has 1 unspecified atom stereocenters. The number of carbonyl (C=O) groups excluding carboxylic acids is 1. The van der Waals surface area contributed by atoms with Crippen molar-refractivity contribution < 1.29 is 4.79 Å². The second kappa shape index (κ2) is 5.70. The first kappa shape index (κ1) is 12.8. The van der Waals surface area contributed by atoms with Crippen molar-refractivity contribution in [2.24, 2.45) is 0 Å². The van der Waals surface area contributed by atoms with Gasteiger partial charge in [-0.05, 0) is 32.9 Å². The lowest BCUT2D eigenvalue weighted by Crippen LogP contribution is -2.41. The van der Waals surface area contributed by atoms with E-state index in [0.717, 1.165) is 0 Å². The molecule has 0 saturated heterocycles. The SMILES string of the molecule is CC(C)NC(=O)C(C)Nc1ncccc1Cl. The molecule has 0 aliphatic carbocycles. The summed E-state index contributed by atoms with van der Waals surface area (Å²) < 4.78 is 0. The average Bonchev–Trinajstić information content (AvgIpc) is 2.20. The van der Waals surface area contributed by atoms with Gasteiger partial charge in [-0.25, -0.2) is 4.98 Å². The molecule has 88 valence electrons. The van der Waals surface area contributed by atoms with Crippen LogP contribution in [-0.2, 0) is 4.79 Å². The number of hydrogen-bond donors (Lipinski definition) is 2. The molecule has 1 rings (SSSR count). The van der Waals surface area contributed by atoms with Gasteiger partial charge in [0.05, 0.1) is 5.02 Å². The number of carbonyl (C=O) groups is 1. The maximum Gasteiger partial charge on any atom is 0.242 e. The standard InChI is InChI=1S/C11H16ClN3O/c1-7(2)14-11(16)8(3)15-10-9(12)5-4-6-13-10/h4-8H,1-3H3,(H,13,15)(H,14,16). The molecular formula is C11H16ClN3O. The topological polar surface area (TPSA) is 54.0 Å². The van der Waals surface area contributed by atoms with Crippen molar-refractivity contribution in [3.63, 3.8) is 0 Å². The van der Waals surface area contributed by atoms with Crippen LogP contribution in [0.3, 0.4) is 0 Å². The van der Waals surface area contributed by atoms with Crippen LogP contribution in [0.4, 0.5) is 5.82 Å². The Labute approximate surface area is 100 Å². The van der Waals surface area contributed by atoms with E-state index in [-0.39, 0.29) is 18.0 Å². The molecule has 0 aromatic carbocycles. The lowest BCUT2D eigenvalue weighted by atomic mass is 10.2. The quantitative estimate of drug-likeness (QED) is 0.849. The van der Waals surface area contributed by atoms with Crippen molar-refractivity contribution in [3.05, 3.63) is 23.4 Å². The van der Waals surface area contributed by atoms with Gasteiger partial charge in [-0.3, -0.25) is 4.79 Å². The second-order valence-electron chi connectivity index (χ2n) is 3.86. The Morgan fingerprint density at radius 1 is 1.44 bits per heavy atom. The lowest BCUT2D eigenvalue weighted by molar-refractivity contribution is -0.122. The average molecular weight is 242 g/mol. The summed E-state index contributed by atoms with van der Waals surface area (Å²) in [5.41, 5.74) is 0. The minimum atomic E-state index is -0.366. The Balaban J connectivity index is 2.61. The summed E-state index contributed by atoms with van der Waals surface area (Å²) in [5, 5.41) is 6.28. The number of rotatable bonds is 4. The van der Waals surface area contributed by atoms with E-state index in [1.807, 2.05) is 13.8 Å². The molecule has 0 bridgehead atoms. The molecule has 0 radical (unpaired) electrons. The van der Waals surface area contributed by atoms with Gasteiger partial charge in [-0.1, -0.05) is 11.6 Å². The maximum atomic E-state index is 11.6.